The van der Waals surface area contributed by atoms with E-state index >= 15 is 0 Å². The van der Waals surface area contributed by atoms with Gasteiger partial charge in [-0.2, -0.15) is 0 Å². The van der Waals surface area contributed by atoms with Gasteiger partial charge in [0, 0.05) is 25.7 Å². The van der Waals surface area contributed by atoms with Gasteiger partial charge < -0.3 is 10.4 Å². The number of nitrogens with one attached hydrogen (secondary N) is 1. The van der Waals surface area contributed by atoms with E-state index in [-0.39, 0.29) is 0 Å². The first-order valence-electron chi connectivity index (χ1n) is 8.87. The lowest BCUT2D eigenvalue weighted by atomic mass is 9.92. The average molecular weight is 302 g/mol. The van der Waals surface area contributed by atoms with Crippen LogP contribution in [-0.2, 0) is 6.54 Å². The van der Waals surface area contributed by atoms with Crippen molar-refractivity contribution < 1.29 is 5.11 Å². The Kier molecular flexibility index (Phi) is 5.17. The van der Waals surface area contributed by atoms with Crippen molar-refractivity contribution in [2.24, 2.45) is 0 Å². The lowest BCUT2D eigenvalue weighted by molar-refractivity contribution is -0.00244. The molecule has 0 spiro atoms. The first kappa shape index (κ1) is 16.0. The molecule has 1 saturated heterocycles. The van der Waals surface area contributed by atoms with Crippen molar-refractivity contribution in [1.82, 2.24) is 10.2 Å². The number of benzene rings is 1. The Labute approximate surface area is 134 Å². The fraction of sp³-hybridized carbons (Fsp3) is 0.684. The van der Waals surface area contributed by atoms with Crippen LogP contribution in [0.2, 0.25) is 0 Å². The molecule has 3 nitrogen and oxygen atoms in total. The van der Waals surface area contributed by atoms with Crippen molar-refractivity contribution in [1.29, 1.82) is 0 Å². The fourth-order valence-corrected chi connectivity index (χ4v) is 4.05. The van der Waals surface area contributed by atoms with Gasteiger partial charge in [-0.05, 0) is 38.3 Å². The predicted octanol–water partition coefficient (Wildman–Crippen LogP) is 2.85. The number of hydrogen-bond acceptors (Lipinski definition) is 3. The van der Waals surface area contributed by atoms with E-state index in [0.29, 0.717) is 6.04 Å². The van der Waals surface area contributed by atoms with Crippen LogP contribution in [-0.4, -0.2) is 41.3 Å². The summed E-state index contributed by atoms with van der Waals surface area (Å²) in [5.74, 6) is 0. The Morgan fingerprint density at radius 3 is 2.77 bits per heavy atom. The molecule has 1 aromatic carbocycles. The molecule has 2 fully saturated rings. The van der Waals surface area contributed by atoms with Crippen molar-refractivity contribution in [3.05, 3.63) is 35.4 Å². The minimum absolute atomic E-state index is 0.540. The van der Waals surface area contributed by atoms with E-state index in [2.05, 4.69) is 41.4 Å². The van der Waals surface area contributed by atoms with Crippen LogP contribution in [0.4, 0.5) is 0 Å². The van der Waals surface area contributed by atoms with Crippen LogP contribution in [0.1, 0.15) is 49.7 Å². The van der Waals surface area contributed by atoms with E-state index in [1.807, 2.05) is 0 Å². The molecule has 0 aromatic heterocycles. The normalized spacial score (nSPS) is 26.7. The average Bonchev–Trinajstić information content (AvgIpc) is 2.94. The Morgan fingerprint density at radius 2 is 2.09 bits per heavy atom. The Bertz CT molecular complexity index is 476. The van der Waals surface area contributed by atoms with E-state index in [1.165, 1.54) is 43.2 Å². The molecule has 0 amide bonds. The summed E-state index contributed by atoms with van der Waals surface area (Å²) in [7, 11) is 0. The molecular weight excluding hydrogens is 272 g/mol. The summed E-state index contributed by atoms with van der Waals surface area (Å²) < 4.78 is 0. The lowest BCUT2D eigenvalue weighted by Gasteiger charge is -2.38. The largest absolute Gasteiger partial charge is 0.387 e. The van der Waals surface area contributed by atoms with Gasteiger partial charge in [0.2, 0.25) is 0 Å². The molecule has 1 heterocycles. The zero-order valence-electron chi connectivity index (χ0n) is 13.9. The van der Waals surface area contributed by atoms with Gasteiger partial charge in [0.05, 0.1) is 5.60 Å². The van der Waals surface area contributed by atoms with E-state index in [0.717, 1.165) is 32.6 Å². The standard InChI is InChI=1S/C19H30N2O/c1-16-6-5-7-17(12-16)13-21(18-8-3-2-4-9-18)15-19(22)10-11-20-14-19/h5-7,12,18,20,22H,2-4,8-11,13-15H2,1H3/t19-/m0/s1. The molecule has 0 radical (unpaired) electrons. The van der Waals surface area contributed by atoms with Crippen LogP contribution in [0.25, 0.3) is 0 Å². The Balaban J connectivity index is 1.72. The second kappa shape index (κ2) is 7.12. The van der Waals surface area contributed by atoms with Gasteiger partial charge in [-0.15, -0.1) is 0 Å². The van der Waals surface area contributed by atoms with Crippen molar-refractivity contribution in [2.75, 3.05) is 19.6 Å². The molecule has 122 valence electrons. The SMILES string of the molecule is Cc1cccc(CN(C[C@]2(O)CCNC2)C2CCCCC2)c1. The highest BCUT2D eigenvalue weighted by atomic mass is 16.3. The van der Waals surface area contributed by atoms with Crippen LogP contribution in [0.5, 0.6) is 0 Å². The zero-order chi connectivity index (χ0) is 15.4. The smallest absolute Gasteiger partial charge is 0.0909 e. The first-order chi connectivity index (χ1) is 10.6. The maximum absolute atomic E-state index is 10.8. The molecule has 2 N–H and O–H groups in total. The first-order valence-corrected chi connectivity index (χ1v) is 8.87. The highest BCUT2D eigenvalue weighted by Crippen LogP contribution is 2.27. The van der Waals surface area contributed by atoms with Crippen molar-refractivity contribution in [3.8, 4) is 0 Å². The van der Waals surface area contributed by atoms with Crippen molar-refractivity contribution in [2.45, 2.75) is 63.6 Å². The number of nitrogens with zero attached hydrogens (tertiary/aromatic N) is 1. The van der Waals surface area contributed by atoms with Crippen LogP contribution < -0.4 is 5.32 Å². The van der Waals surface area contributed by atoms with Gasteiger partial charge in [-0.1, -0.05) is 49.1 Å². The van der Waals surface area contributed by atoms with Crippen LogP contribution >= 0.6 is 0 Å². The van der Waals surface area contributed by atoms with Crippen molar-refractivity contribution >= 4 is 0 Å². The molecular formula is C19H30N2O. The molecule has 0 bridgehead atoms. The molecule has 2 aliphatic rings. The summed E-state index contributed by atoms with van der Waals surface area (Å²) in [6.45, 7) is 5.61. The third kappa shape index (κ3) is 4.09. The summed E-state index contributed by atoms with van der Waals surface area (Å²) in [6.07, 6.45) is 7.51. The second-order valence-corrected chi connectivity index (χ2v) is 7.34. The summed E-state index contributed by atoms with van der Waals surface area (Å²) in [4.78, 5) is 2.56. The minimum atomic E-state index is -0.540. The van der Waals surface area contributed by atoms with Gasteiger partial charge in [-0.25, -0.2) is 0 Å². The Morgan fingerprint density at radius 1 is 1.27 bits per heavy atom. The van der Waals surface area contributed by atoms with Crippen molar-refractivity contribution in [3.63, 3.8) is 0 Å². The number of rotatable bonds is 5. The van der Waals surface area contributed by atoms with Gasteiger partial charge >= 0.3 is 0 Å². The summed E-state index contributed by atoms with van der Waals surface area (Å²) >= 11 is 0. The molecule has 0 unspecified atom stereocenters. The van der Waals surface area contributed by atoms with Crippen LogP contribution in [0.15, 0.2) is 24.3 Å². The molecule has 3 heteroatoms. The lowest BCUT2D eigenvalue weighted by Crippen LogP contribution is -2.48. The van der Waals surface area contributed by atoms with E-state index in [4.69, 9.17) is 0 Å². The molecule has 1 aliphatic heterocycles. The number of aryl methyl sites for hydroxylation is 1. The molecule has 3 rings (SSSR count). The van der Waals surface area contributed by atoms with E-state index < -0.39 is 5.60 Å². The molecule has 1 saturated carbocycles. The van der Waals surface area contributed by atoms with Gasteiger partial charge in [0.1, 0.15) is 0 Å². The third-order valence-electron chi connectivity index (χ3n) is 5.28. The van der Waals surface area contributed by atoms with E-state index in [9.17, 15) is 5.11 Å². The van der Waals surface area contributed by atoms with Crippen LogP contribution in [0, 0.1) is 6.92 Å². The molecule has 1 aromatic rings. The van der Waals surface area contributed by atoms with Gasteiger partial charge in [-0.3, -0.25) is 4.90 Å². The summed E-state index contributed by atoms with van der Waals surface area (Å²) in [5.41, 5.74) is 2.16. The highest BCUT2D eigenvalue weighted by molar-refractivity contribution is 5.22. The minimum Gasteiger partial charge on any atom is -0.387 e. The zero-order valence-corrected chi connectivity index (χ0v) is 13.9. The second-order valence-electron chi connectivity index (χ2n) is 7.34. The monoisotopic (exact) mass is 302 g/mol. The number of hydrogen-bond donors (Lipinski definition) is 2. The fourth-order valence-electron chi connectivity index (χ4n) is 4.05. The maximum atomic E-state index is 10.8. The summed E-state index contributed by atoms with van der Waals surface area (Å²) in [6, 6.07) is 9.45. The Hall–Kier alpha value is -0.900. The predicted molar refractivity (Wildman–Crippen MR) is 90.9 cm³/mol. The number of aliphatic hydroxyl groups is 1. The molecule has 22 heavy (non-hydrogen) atoms. The van der Waals surface area contributed by atoms with Crippen LogP contribution in [0.3, 0.4) is 0 Å². The quantitative estimate of drug-likeness (QED) is 0.878. The topological polar surface area (TPSA) is 35.5 Å². The van der Waals surface area contributed by atoms with Gasteiger partial charge in [0.25, 0.3) is 0 Å². The summed E-state index contributed by atoms with van der Waals surface area (Å²) in [5, 5.41) is 14.1. The van der Waals surface area contributed by atoms with Gasteiger partial charge in [0.15, 0.2) is 0 Å². The third-order valence-corrected chi connectivity index (χ3v) is 5.28. The molecule has 1 aliphatic carbocycles. The maximum Gasteiger partial charge on any atom is 0.0909 e. The molecule has 1 atom stereocenters. The number of β-amino-alcohol motifs (C(OH)–C–C–N with tert-alkyl or cyclic N) is 1. The highest BCUT2D eigenvalue weighted by Gasteiger charge is 2.35. The van der Waals surface area contributed by atoms with E-state index in [1.54, 1.807) is 0 Å².